The summed E-state index contributed by atoms with van der Waals surface area (Å²) in [5, 5.41) is 0. The van der Waals surface area contributed by atoms with E-state index in [-0.39, 0.29) is 11.9 Å². The van der Waals surface area contributed by atoms with Crippen molar-refractivity contribution in [2.45, 2.75) is 38.9 Å². The van der Waals surface area contributed by atoms with Crippen LogP contribution < -0.4 is 5.73 Å². The molecule has 1 aliphatic rings. The predicted octanol–water partition coefficient (Wildman–Crippen LogP) is 2.74. The van der Waals surface area contributed by atoms with Gasteiger partial charge in [0.2, 0.25) is 5.91 Å². The maximum absolute atomic E-state index is 12.7. The molecule has 2 heterocycles. The molecular formula is C19H26N4OS. The number of benzene rings is 1. The Balaban J connectivity index is 1.96. The van der Waals surface area contributed by atoms with Crippen molar-refractivity contribution in [3.63, 3.8) is 0 Å². The van der Waals surface area contributed by atoms with Gasteiger partial charge in [-0.05, 0) is 12.3 Å². The molecule has 5 nitrogen and oxygen atoms in total. The van der Waals surface area contributed by atoms with Crippen molar-refractivity contribution in [3.8, 4) is 11.3 Å². The van der Waals surface area contributed by atoms with Crippen LogP contribution in [0.15, 0.2) is 36.5 Å². The van der Waals surface area contributed by atoms with Gasteiger partial charge in [-0.15, -0.1) is 0 Å². The maximum Gasteiger partial charge on any atom is 0.241 e. The Kier molecular flexibility index (Phi) is 5.49. The van der Waals surface area contributed by atoms with E-state index in [1.165, 1.54) is 0 Å². The highest BCUT2D eigenvalue weighted by molar-refractivity contribution is 7.80. The molecule has 2 N–H and O–H groups in total. The fourth-order valence-corrected chi connectivity index (χ4v) is 3.52. The van der Waals surface area contributed by atoms with E-state index in [9.17, 15) is 4.79 Å². The summed E-state index contributed by atoms with van der Waals surface area (Å²) in [5.41, 5.74) is 8.01. The number of amides is 1. The van der Waals surface area contributed by atoms with E-state index in [2.05, 4.69) is 49.4 Å². The molecule has 1 aliphatic heterocycles. The zero-order chi connectivity index (χ0) is 18.0. The molecule has 2 atom stereocenters. The van der Waals surface area contributed by atoms with Crippen LogP contribution in [-0.2, 0) is 11.3 Å². The van der Waals surface area contributed by atoms with E-state index >= 15 is 0 Å². The van der Waals surface area contributed by atoms with Gasteiger partial charge >= 0.3 is 0 Å². The average molecular weight is 359 g/mol. The maximum atomic E-state index is 12.7. The number of rotatable bonds is 5. The van der Waals surface area contributed by atoms with Gasteiger partial charge in [0.25, 0.3) is 0 Å². The van der Waals surface area contributed by atoms with Crippen LogP contribution in [-0.4, -0.2) is 38.7 Å². The summed E-state index contributed by atoms with van der Waals surface area (Å²) in [6, 6.07) is 9.55. The first-order valence-corrected chi connectivity index (χ1v) is 9.44. The van der Waals surface area contributed by atoms with Crippen LogP contribution in [0.5, 0.6) is 0 Å². The van der Waals surface area contributed by atoms with Crippen LogP contribution in [0.4, 0.5) is 0 Å². The first kappa shape index (κ1) is 18.0. The Hall–Kier alpha value is -1.79. The summed E-state index contributed by atoms with van der Waals surface area (Å²) in [6.07, 6.45) is 2.97. The number of hydrogen-bond acceptors (Lipinski definition) is 4. The standard InChI is InChI=1S/C19H26N4OS/c1-13(2)10-17-18-21-16(14-6-4-3-5-7-14)11-22(18)8-9-23(17)19(24)15(20)12-25/h3-7,11,13,15,17,25H,8-10,12,20H2,1-2H3/t15-,17-/m0/s1. The molecule has 0 aliphatic carbocycles. The van der Waals surface area contributed by atoms with Crippen molar-refractivity contribution in [3.05, 3.63) is 42.4 Å². The third kappa shape index (κ3) is 3.75. The van der Waals surface area contributed by atoms with Gasteiger partial charge in [-0.3, -0.25) is 4.79 Å². The molecule has 0 unspecified atom stereocenters. The molecule has 134 valence electrons. The van der Waals surface area contributed by atoms with Crippen LogP contribution in [0.2, 0.25) is 0 Å². The van der Waals surface area contributed by atoms with Crippen LogP contribution in [0.3, 0.4) is 0 Å². The lowest BCUT2D eigenvalue weighted by Gasteiger charge is -2.38. The number of aromatic nitrogens is 2. The van der Waals surface area contributed by atoms with Crippen molar-refractivity contribution in [1.82, 2.24) is 14.5 Å². The van der Waals surface area contributed by atoms with Gasteiger partial charge in [0.15, 0.2) is 0 Å². The summed E-state index contributed by atoms with van der Waals surface area (Å²) in [6.45, 7) is 5.74. The minimum absolute atomic E-state index is 0.0313. The Morgan fingerprint density at radius 1 is 1.32 bits per heavy atom. The molecule has 1 aromatic heterocycles. The fourth-order valence-electron chi connectivity index (χ4n) is 3.37. The lowest BCUT2D eigenvalue weighted by atomic mass is 9.99. The number of carbonyl (C=O) groups excluding carboxylic acids is 1. The van der Waals surface area contributed by atoms with E-state index in [0.29, 0.717) is 18.2 Å². The highest BCUT2D eigenvalue weighted by atomic mass is 32.1. The SMILES string of the molecule is CC(C)C[C@H]1c2nc(-c3ccccc3)cn2CCN1C(=O)[C@@H](N)CS. The quantitative estimate of drug-likeness (QED) is 0.808. The first-order valence-electron chi connectivity index (χ1n) is 8.80. The molecule has 2 aromatic rings. The minimum atomic E-state index is -0.562. The third-order valence-electron chi connectivity index (χ3n) is 4.62. The molecule has 0 bridgehead atoms. The van der Waals surface area contributed by atoms with E-state index in [1.807, 2.05) is 23.1 Å². The van der Waals surface area contributed by atoms with Gasteiger partial charge in [-0.2, -0.15) is 12.6 Å². The average Bonchev–Trinajstić information content (AvgIpc) is 3.06. The minimum Gasteiger partial charge on any atom is -0.331 e. The normalized spacial score (nSPS) is 18.3. The van der Waals surface area contributed by atoms with Crippen LogP contribution >= 0.6 is 12.6 Å². The van der Waals surface area contributed by atoms with Gasteiger partial charge in [-0.1, -0.05) is 44.2 Å². The topological polar surface area (TPSA) is 64.2 Å². The lowest BCUT2D eigenvalue weighted by Crippen LogP contribution is -2.50. The van der Waals surface area contributed by atoms with Gasteiger partial charge in [0, 0.05) is 30.6 Å². The highest BCUT2D eigenvalue weighted by Crippen LogP contribution is 2.33. The second-order valence-corrected chi connectivity index (χ2v) is 7.37. The molecule has 1 amide bonds. The van der Waals surface area contributed by atoms with E-state index in [4.69, 9.17) is 10.7 Å². The number of nitrogens with zero attached hydrogens (tertiary/aromatic N) is 3. The molecule has 0 saturated carbocycles. The Labute approximate surface area is 154 Å². The highest BCUT2D eigenvalue weighted by Gasteiger charge is 2.35. The van der Waals surface area contributed by atoms with Gasteiger partial charge in [0.1, 0.15) is 5.82 Å². The summed E-state index contributed by atoms with van der Waals surface area (Å²) in [7, 11) is 0. The van der Waals surface area contributed by atoms with Gasteiger partial charge in [0.05, 0.1) is 17.8 Å². The van der Waals surface area contributed by atoms with Crippen molar-refractivity contribution < 1.29 is 4.79 Å². The number of nitrogens with two attached hydrogens (primary N) is 1. The van der Waals surface area contributed by atoms with Crippen molar-refractivity contribution in [2.75, 3.05) is 12.3 Å². The zero-order valence-corrected chi connectivity index (χ0v) is 15.7. The second kappa shape index (κ2) is 7.62. The number of imidazole rings is 1. The van der Waals surface area contributed by atoms with Gasteiger partial charge in [-0.25, -0.2) is 4.98 Å². The van der Waals surface area contributed by atoms with Crippen LogP contribution in [0.1, 0.15) is 32.1 Å². The molecule has 6 heteroatoms. The van der Waals surface area contributed by atoms with Crippen molar-refractivity contribution in [2.24, 2.45) is 11.7 Å². The van der Waals surface area contributed by atoms with Crippen molar-refractivity contribution >= 4 is 18.5 Å². The monoisotopic (exact) mass is 358 g/mol. The summed E-state index contributed by atoms with van der Waals surface area (Å²) >= 11 is 4.19. The van der Waals surface area contributed by atoms with Crippen LogP contribution in [0, 0.1) is 5.92 Å². The molecule has 25 heavy (non-hydrogen) atoms. The number of hydrogen-bond donors (Lipinski definition) is 2. The van der Waals surface area contributed by atoms with Crippen LogP contribution in [0.25, 0.3) is 11.3 Å². The molecule has 1 aromatic carbocycles. The van der Waals surface area contributed by atoms with E-state index in [0.717, 1.165) is 30.0 Å². The van der Waals surface area contributed by atoms with Crippen molar-refractivity contribution in [1.29, 1.82) is 0 Å². The van der Waals surface area contributed by atoms with E-state index in [1.54, 1.807) is 0 Å². The largest absolute Gasteiger partial charge is 0.331 e. The van der Waals surface area contributed by atoms with Gasteiger partial charge < -0.3 is 15.2 Å². The zero-order valence-electron chi connectivity index (χ0n) is 14.8. The third-order valence-corrected chi connectivity index (χ3v) is 5.02. The molecular weight excluding hydrogens is 332 g/mol. The van der Waals surface area contributed by atoms with E-state index < -0.39 is 6.04 Å². The fraction of sp³-hybridized carbons (Fsp3) is 0.474. The molecule has 0 fully saturated rings. The Morgan fingerprint density at radius 3 is 2.68 bits per heavy atom. The lowest BCUT2D eigenvalue weighted by molar-refractivity contribution is -0.136. The number of fused-ring (bicyclic) bond motifs is 1. The first-order chi connectivity index (χ1) is 12.0. The Morgan fingerprint density at radius 2 is 2.04 bits per heavy atom. The number of thiol groups is 1. The predicted molar refractivity (Wildman–Crippen MR) is 103 cm³/mol. The smallest absolute Gasteiger partial charge is 0.241 e. The molecule has 0 saturated heterocycles. The molecule has 0 radical (unpaired) electrons. The summed E-state index contributed by atoms with van der Waals surface area (Å²) < 4.78 is 2.19. The Bertz CT molecular complexity index is 728. The summed E-state index contributed by atoms with van der Waals surface area (Å²) in [4.78, 5) is 19.5. The summed E-state index contributed by atoms with van der Waals surface area (Å²) in [5.74, 6) is 1.73. The second-order valence-electron chi connectivity index (χ2n) is 7.01. The number of carbonyl (C=O) groups is 1. The molecule has 3 rings (SSSR count). The molecule has 0 spiro atoms.